The molecule has 1 saturated heterocycles. The van der Waals surface area contributed by atoms with Crippen LogP contribution in [0.3, 0.4) is 0 Å². The highest BCUT2D eigenvalue weighted by Crippen LogP contribution is 2.25. The number of carboxylic acid groups (broad SMARTS) is 1. The molecule has 0 amide bonds. The zero-order valence-corrected chi connectivity index (χ0v) is 10.8. The van der Waals surface area contributed by atoms with Crippen LogP contribution in [-0.2, 0) is 4.79 Å². The highest BCUT2D eigenvalue weighted by molar-refractivity contribution is 5.73. The summed E-state index contributed by atoms with van der Waals surface area (Å²) in [4.78, 5) is 13.5. The van der Waals surface area contributed by atoms with E-state index in [1.54, 1.807) is 0 Å². The second-order valence-electron chi connectivity index (χ2n) is 6.07. The molecule has 0 saturated carbocycles. The molecule has 3 nitrogen and oxygen atoms in total. The van der Waals surface area contributed by atoms with E-state index in [1.165, 1.54) is 12.8 Å². The van der Waals surface area contributed by atoms with Crippen molar-refractivity contribution in [2.75, 3.05) is 13.1 Å². The fraction of sp³-hybridized carbons (Fsp3) is 0.923. The van der Waals surface area contributed by atoms with Gasteiger partial charge in [-0.3, -0.25) is 9.69 Å². The molecule has 0 aromatic heterocycles. The first-order valence-electron chi connectivity index (χ1n) is 6.37. The van der Waals surface area contributed by atoms with Crippen LogP contribution in [0.15, 0.2) is 0 Å². The van der Waals surface area contributed by atoms with Gasteiger partial charge in [0.25, 0.3) is 0 Å². The Labute approximate surface area is 98.8 Å². The predicted octanol–water partition coefficient (Wildman–Crippen LogP) is 2.75. The number of nitrogens with zero attached hydrogens (tertiary/aromatic N) is 1. The molecule has 0 aromatic rings. The van der Waals surface area contributed by atoms with Gasteiger partial charge in [-0.15, -0.1) is 0 Å². The Kier molecular flexibility index (Phi) is 4.78. The quantitative estimate of drug-likeness (QED) is 0.806. The number of rotatable bonds is 3. The second kappa shape index (κ2) is 5.67. The number of carboxylic acids is 1. The molecule has 1 rings (SSSR count). The number of hydrogen-bond acceptors (Lipinski definition) is 2. The molecule has 1 N–H and O–H groups in total. The third-order valence-electron chi connectivity index (χ3n) is 3.17. The third-order valence-corrected chi connectivity index (χ3v) is 3.17. The Morgan fingerprint density at radius 1 is 1.19 bits per heavy atom. The first-order chi connectivity index (χ1) is 7.40. The molecule has 0 aromatic carbocycles. The van der Waals surface area contributed by atoms with Crippen LogP contribution in [-0.4, -0.2) is 35.1 Å². The zero-order chi connectivity index (χ0) is 12.2. The van der Waals surface area contributed by atoms with E-state index in [1.807, 2.05) is 0 Å². The standard InChI is InChI=1S/C13H25NO2/c1-13(2,3)10-11(12(15)16)14-8-6-4-5-7-9-14/h11H,4-10H2,1-3H3,(H,15,16). The minimum Gasteiger partial charge on any atom is -0.480 e. The summed E-state index contributed by atoms with van der Waals surface area (Å²) < 4.78 is 0. The Bertz CT molecular complexity index is 225. The highest BCUT2D eigenvalue weighted by Gasteiger charge is 2.30. The van der Waals surface area contributed by atoms with Crippen molar-refractivity contribution in [1.82, 2.24) is 4.90 Å². The normalized spacial score (nSPS) is 21.4. The maximum atomic E-state index is 11.3. The Balaban J connectivity index is 2.64. The molecular formula is C13H25NO2. The molecular weight excluding hydrogens is 202 g/mol. The minimum atomic E-state index is -0.656. The van der Waals surface area contributed by atoms with Gasteiger partial charge in [-0.25, -0.2) is 0 Å². The van der Waals surface area contributed by atoms with Crippen LogP contribution in [0, 0.1) is 5.41 Å². The fourth-order valence-corrected chi connectivity index (χ4v) is 2.36. The van der Waals surface area contributed by atoms with Gasteiger partial charge >= 0.3 is 5.97 Å². The smallest absolute Gasteiger partial charge is 0.320 e. The maximum Gasteiger partial charge on any atom is 0.320 e. The van der Waals surface area contributed by atoms with E-state index in [0.29, 0.717) is 0 Å². The Morgan fingerprint density at radius 3 is 2.06 bits per heavy atom. The average Bonchev–Trinajstić information content (AvgIpc) is 2.40. The lowest BCUT2D eigenvalue weighted by molar-refractivity contribution is -0.144. The maximum absolute atomic E-state index is 11.3. The fourth-order valence-electron chi connectivity index (χ4n) is 2.36. The van der Waals surface area contributed by atoms with Crippen molar-refractivity contribution >= 4 is 5.97 Å². The molecule has 16 heavy (non-hydrogen) atoms. The first-order valence-corrected chi connectivity index (χ1v) is 6.37. The molecule has 1 aliphatic rings. The van der Waals surface area contributed by atoms with Gasteiger partial charge < -0.3 is 5.11 Å². The van der Waals surface area contributed by atoms with E-state index in [0.717, 1.165) is 32.4 Å². The van der Waals surface area contributed by atoms with Crippen LogP contribution in [0.2, 0.25) is 0 Å². The second-order valence-corrected chi connectivity index (χ2v) is 6.07. The van der Waals surface area contributed by atoms with Crippen LogP contribution in [0.25, 0.3) is 0 Å². The van der Waals surface area contributed by atoms with E-state index >= 15 is 0 Å². The van der Waals surface area contributed by atoms with Gasteiger partial charge in [-0.2, -0.15) is 0 Å². The van der Waals surface area contributed by atoms with Crippen molar-refractivity contribution in [3.8, 4) is 0 Å². The summed E-state index contributed by atoms with van der Waals surface area (Å²) in [7, 11) is 0. The van der Waals surface area contributed by atoms with Gasteiger partial charge in [0.2, 0.25) is 0 Å². The van der Waals surface area contributed by atoms with E-state index in [9.17, 15) is 9.90 Å². The van der Waals surface area contributed by atoms with Gasteiger partial charge in [0.15, 0.2) is 0 Å². The van der Waals surface area contributed by atoms with Gasteiger partial charge in [-0.05, 0) is 37.8 Å². The lowest BCUT2D eigenvalue weighted by Crippen LogP contribution is -2.43. The number of likely N-dealkylation sites (tertiary alicyclic amines) is 1. The summed E-state index contributed by atoms with van der Waals surface area (Å²) in [6.45, 7) is 8.24. The van der Waals surface area contributed by atoms with E-state index in [-0.39, 0.29) is 11.5 Å². The molecule has 1 atom stereocenters. The molecule has 1 unspecified atom stereocenters. The molecule has 1 fully saturated rings. The van der Waals surface area contributed by atoms with E-state index < -0.39 is 5.97 Å². The molecule has 1 aliphatic heterocycles. The van der Waals surface area contributed by atoms with Crippen molar-refractivity contribution in [1.29, 1.82) is 0 Å². The molecule has 1 heterocycles. The SMILES string of the molecule is CC(C)(C)CC(C(=O)O)N1CCCCCC1. The van der Waals surface area contributed by atoms with Crippen LogP contribution in [0.5, 0.6) is 0 Å². The van der Waals surface area contributed by atoms with Gasteiger partial charge in [0.05, 0.1) is 0 Å². The monoisotopic (exact) mass is 227 g/mol. The highest BCUT2D eigenvalue weighted by atomic mass is 16.4. The van der Waals surface area contributed by atoms with Crippen LogP contribution < -0.4 is 0 Å². The molecule has 0 aliphatic carbocycles. The lowest BCUT2D eigenvalue weighted by Gasteiger charge is -2.32. The Morgan fingerprint density at radius 2 is 1.69 bits per heavy atom. The molecule has 0 radical (unpaired) electrons. The summed E-state index contributed by atoms with van der Waals surface area (Å²) in [6.07, 6.45) is 5.53. The van der Waals surface area contributed by atoms with Crippen molar-refractivity contribution < 1.29 is 9.90 Å². The van der Waals surface area contributed by atoms with Crippen LogP contribution >= 0.6 is 0 Å². The van der Waals surface area contributed by atoms with E-state index in [2.05, 4.69) is 25.7 Å². The molecule has 3 heteroatoms. The van der Waals surface area contributed by atoms with Crippen LogP contribution in [0.1, 0.15) is 52.9 Å². The van der Waals surface area contributed by atoms with Gasteiger partial charge in [0.1, 0.15) is 6.04 Å². The van der Waals surface area contributed by atoms with Crippen molar-refractivity contribution in [3.63, 3.8) is 0 Å². The van der Waals surface area contributed by atoms with Gasteiger partial charge in [-0.1, -0.05) is 33.6 Å². The number of hydrogen-bond donors (Lipinski definition) is 1. The minimum absolute atomic E-state index is 0.0787. The largest absolute Gasteiger partial charge is 0.480 e. The third kappa shape index (κ3) is 4.52. The summed E-state index contributed by atoms with van der Waals surface area (Å²) >= 11 is 0. The average molecular weight is 227 g/mol. The zero-order valence-electron chi connectivity index (χ0n) is 10.8. The predicted molar refractivity (Wildman–Crippen MR) is 65.5 cm³/mol. The number of aliphatic carboxylic acids is 1. The molecule has 94 valence electrons. The summed E-state index contributed by atoms with van der Waals surface area (Å²) in [6, 6.07) is -0.293. The van der Waals surface area contributed by atoms with E-state index in [4.69, 9.17) is 0 Å². The van der Waals surface area contributed by atoms with Gasteiger partial charge in [0, 0.05) is 0 Å². The van der Waals surface area contributed by atoms with Crippen molar-refractivity contribution in [2.45, 2.75) is 58.9 Å². The summed E-state index contributed by atoms with van der Waals surface area (Å²) in [5, 5.41) is 9.34. The lowest BCUT2D eigenvalue weighted by atomic mass is 9.87. The van der Waals surface area contributed by atoms with Crippen LogP contribution in [0.4, 0.5) is 0 Å². The van der Waals surface area contributed by atoms with Crippen molar-refractivity contribution in [3.05, 3.63) is 0 Å². The molecule has 0 bridgehead atoms. The topological polar surface area (TPSA) is 40.5 Å². The van der Waals surface area contributed by atoms with Crippen molar-refractivity contribution in [2.24, 2.45) is 5.41 Å². The number of carbonyl (C=O) groups is 1. The summed E-state index contributed by atoms with van der Waals surface area (Å²) in [5.74, 6) is -0.656. The molecule has 0 spiro atoms. The first kappa shape index (κ1) is 13.5. The Hall–Kier alpha value is -0.570. The summed E-state index contributed by atoms with van der Waals surface area (Å²) in [5.41, 5.74) is 0.0787.